The van der Waals surface area contributed by atoms with Crippen molar-refractivity contribution in [2.24, 2.45) is 5.73 Å². The fourth-order valence-corrected chi connectivity index (χ4v) is 1.61. The SMILES string of the molecule is COc1ccc(-c2nc(C(N)COC(C)C)no2)cc1. The molecule has 20 heavy (non-hydrogen) atoms. The number of ether oxygens (including phenoxy) is 2. The molecule has 2 aromatic rings. The summed E-state index contributed by atoms with van der Waals surface area (Å²) in [6.07, 6.45) is 0.119. The Bertz CT molecular complexity index is 537. The van der Waals surface area contributed by atoms with Crippen molar-refractivity contribution in [3.63, 3.8) is 0 Å². The van der Waals surface area contributed by atoms with Crippen molar-refractivity contribution in [1.82, 2.24) is 10.1 Å². The van der Waals surface area contributed by atoms with Crippen molar-refractivity contribution in [1.29, 1.82) is 0 Å². The molecule has 0 radical (unpaired) electrons. The van der Waals surface area contributed by atoms with E-state index in [9.17, 15) is 0 Å². The van der Waals surface area contributed by atoms with Crippen LogP contribution in [0.25, 0.3) is 11.5 Å². The maximum atomic E-state index is 5.95. The Hall–Kier alpha value is -1.92. The Balaban J connectivity index is 2.07. The molecule has 2 N–H and O–H groups in total. The van der Waals surface area contributed by atoms with Crippen LogP contribution in [0.1, 0.15) is 25.7 Å². The fraction of sp³-hybridized carbons (Fsp3) is 0.429. The van der Waals surface area contributed by atoms with E-state index in [4.69, 9.17) is 19.7 Å². The lowest BCUT2D eigenvalue weighted by Gasteiger charge is -2.10. The second-order valence-electron chi connectivity index (χ2n) is 4.67. The van der Waals surface area contributed by atoms with Gasteiger partial charge < -0.3 is 19.7 Å². The first-order valence-corrected chi connectivity index (χ1v) is 6.45. The largest absolute Gasteiger partial charge is 0.497 e. The second-order valence-corrected chi connectivity index (χ2v) is 4.67. The van der Waals surface area contributed by atoms with Crippen LogP contribution in [0.2, 0.25) is 0 Å². The van der Waals surface area contributed by atoms with Gasteiger partial charge in [0, 0.05) is 5.56 Å². The first-order valence-electron chi connectivity index (χ1n) is 6.45. The van der Waals surface area contributed by atoms with Crippen LogP contribution >= 0.6 is 0 Å². The molecular weight excluding hydrogens is 258 g/mol. The summed E-state index contributed by atoms with van der Waals surface area (Å²) in [5.74, 6) is 1.65. The number of methoxy groups -OCH3 is 1. The number of aromatic nitrogens is 2. The van der Waals surface area contributed by atoms with Gasteiger partial charge in [-0.1, -0.05) is 5.16 Å². The molecular formula is C14H19N3O3. The Kier molecular flexibility index (Phi) is 4.70. The summed E-state index contributed by atoms with van der Waals surface area (Å²) < 4.78 is 15.8. The molecule has 1 heterocycles. The molecule has 0 fully saturated rings. The van der Waals surface area contributed by atoms with Crippen molar-refractivity contribution in [2.45, 2.75) is 26.0 Å². The molecule has 0 aliphatic heterocycles. The van der Waals surface area contributed by atoms with E-state index in [0.717, 1.165) is 11.3 Å². The maximum absolute atomic E-state index is 5.95. The summed E-state index contributed by atoms with van der Waals surface area (Å²) in [5, 5.41) is 3.89. The molecule has 6 heteroatoms. The van der Waals surface area contributed by atoms with Crippen LogP contribution in [-0.4, -0.2) is 30.0 Å². The third-order valence-corrected chi connectivity index (χ3v) is 2.72. The van der Waals surface area contributed by atoms with E-state index in [2.05, 4.69) is 10.1 Å². The number of nitrogens with zero attached hydrogens (tertiary/aromatic N) is 2. The average molecular weight is 277 g/mol. The van der Waals surface area contributed by atoms with Crippen molar-refractivity contribution >= 4 is 0 Å². The summed E-state index contributed by atoms with van der Waals surface area (Å²) in [4.78, 5) is 4.29. The standard InChI is InChI=1S/C14H19N3O3/c1-9(2)19-8-12(15)13-16-14(20-17-13)10-4-6-11(18-3)7-5-10/h4-7,9,12H,8,15H2,1-3H3. The minimum Gasteiger partial charge on any atom is -0.497 e. The molecule has 1 aromatic carbocycles. The molecule has 1 unspecified atom stereocenters. The lowest BCUT2D eigenvalue weighted by Crippen LogP contribution is -2.20. The van der Waals surface area contributed by atoms with E-state index in [1.807, 2.05) is 38.1 Å². The molecule has 1 aromatic heterocycles. The maximum Gasteiger partial charge on any atom is 0.257 e. The summed E-state index contributed by atoms with van der Waals surface area (Å²) in [7, 11) is 1.62. The van der Waals surface area contributed by atoms with Gasteiger partial charge in [0.15, 0.2) is 5.82 Å². The van der Waals surface area contributed by atoms with Crippen LogP contribution in [0, 0.1) is 0 Å². The number of benzene rings is 1. The van der Waals surface area contributed by atoms with Gasteiger partial charge in [0.25, 0.3) is 5.89 Å². The van der Waals surface area contributed by atoms with E-state index in [1.165, 1.54) is 0 Å². The van der Waals surface area contributed by atoms with Gasteiger partial charge in [-0.15, -0.1) is 0 Å². The van der Waals surface area contributed by atoms with Crippen LogP contribution < -0.4 is 10.5 Å². The molecule has 108 valence electrons. The van der Waals surface area contributed by atoms with Crippen molar-refractivity contribution < 1.29 is 14.0 Å². The van der Waals surface area contributed by atoms with Gasteiger partial charge in [-0.3, -0.25) is 0 Å². The van der Waals surface area contributed by atoms with Crippen LogP contribution in [0.15, 0.2) is 28.8 Å². The lowest BCUT2D eigenvalue weighted by atomic mass is 10.2. The van der Waals surface area contributed by atoms with Gasteiger partial charge in [0.05, 0.1) is 25.9 Å². The molecule has 1 atom stereocenters. The van der Waals surface area contributed by atoms with Gasteiger partial charge >= 0.3 is 0 Å². The van der Waals surface area contributed by atoms with E-state index in [1.54, 1.807) is 7.11 Å². The van der Waals surface area contributed by atoms with E-state index in [0.29, 0.717) is 18.3 Å². The van der Waals surface area contributed by atoms with E-state index < -0.39 is 6.04 Å². The Labute approximate surface area is 117 Å². The highest BCUT2D eigenvalue weighted by Crippen LogP contribution is 2.21. The van der Waals surface area contributed by atoms with Gasteiger partial charge in [-0.25, -0.2) is 0 Å². The van der Waals surface area contributed by atoms with E-state index >= 15 is 0 Å². The topological polar surface area (TPSA) is 83.4 Å². The Morgan fingerprint density at radius 2 is 1.95 bits per heavy atom. The summed E-state index contributed by atoms with van der Waals surface area (Å²) >= 11 is 0. The van der Waals surface area contributed by atoms with Gasteiger partial charge in [-0.2, -0.15) is 4.98 Å². The highest BCUT2D eigenvalue weighted by Gasteiger charge is 2.16. The first-order chi connectivity index (χ1) is 9.60. The second kappa shape index (κ2) is 6.49. The highest BCUT2D eigenvalue weighted by atomic mass is 16.5. The molecule has 0 aliphatic carbocycles. The van der Waals surface area contributed by atoms with Crippen molar-refractivity contribution in [3.05, 3.63) is 30.1 Å². The molecule has 0 bridgehead atoms. The zero-order valence-corrected chi connectivity index (χ0v) is 11.9. The Morgan fingerprint density at radius 3 is 2.55 bits per heavy atom. The molecule has 0 spiro atoms. The summed E-state index contributed by atoms with van der Waals surface area (Å²) in [6.45, 7) is 4.26. The minimum atomic E-state index is -0.395. The Morgan fingerprint density at radius 1 is 1.25 bits per heavy atom. The molecule has 0 amide bonds. The number of hydrogen-bond donors (Lipinski definition) is 1. The quantitative estimate of drug-likeness (QED) is 0.871. The number of hydrogen-bond acceptors (Lipinski definition) is 6. The van der Waals surface area contributed by atoms with Crippen LogP contribution in [0.3, 0.4) is 0 Å². The highest BCUT2D eigenvalue weighted by molar-refractivity contribution is 5.54. The number of rotatable bonds is 6. The van der Waals surface area contributed by atoms with E-state index in [-0.39, 0.29) is 6.10 Å². The van der Waals surface area contributed by atoms with Crippen molar-refractivity contribution in [2.75, 3.05) is 13.7 Å². The van der Waals surface area contributed by atoms with Crippen LogP contribution in [0.5, 0.6) is 5.75 Å². The third kappa shape index (κ3) is 3.55. The van der Waals surface area contributed by atoms with Gasteiger partial charge in [0.2, 0.25) is 0 Å². The number of nitrogens with two attached hydrogens (primary N) is 1. The summed E-state index contributed by atoms with van der Waals surface area (Å²) in [6, 6.07) is 6.98. The van der Waals surface area contributed by atoms with Gasteiger partial charge in [-0.05, 0) is 38.1 Å². The lowest BCUT2D eigenvalue weighted by molar-refractivity contribution is 0.0665. The normalized spacial score (nSPS) is 12.7. The molecule has 0 aliphatic rings. The van der Waals surface area contributed by atoms with Crippen molar-refractivity contribution in [3.8, 4) is 17.2 Å². The van der Waals surface area contributed by atoms with Crippen LogP contribution in [-0.2, 0) is 4.74 Å². The molecule has 0 saturated heterocycles. The first kappa shape index (κ1) is 14.5. The minimum absolute atomic E-state index is 0.119. The predicted molar refractivity (Wildman–Crippen MR) is 74.3 cm³/mol. The molecule has 2 rings (SSSR count). The molecule has 6 nitrogen and oxygen atoms in total. The van der Waals surface area contributed by atoms with Crippen LogP contribution in [0.4, 0.5) is 0 Å². The molecule has 0 saturated carbocycles. The summed E-state index contributed by atoms with van der Waals surface area (Å²) in [5.41, 5.74) is 6.77. The monoisotopic (exact) mass is 277 g/mol. The van der Waals surface area contributed by atoms with Gasteiger partial charge in [0.1, 0.15) is 5.75 Å². The zero-order valence-electron chi connectivity index (χ0n) is 11.9. The fourth-order valence-electron chi connectivity index (χ4n) is 1.61. The predicted octanol–water partition coefficient (Wildman–Crippen LogP) is 2.17. The smallest absolute Gasteiger partial charge is 0.257 e. The third-order valence-electron chi connectivity index (χ3n) is 2.72. The zero-order chi connectivity index (χ0) is 14.5. The average Bonchev–Trinajstić information content (AvgIpc) is 2.94.